The number of alkyl halides is 3. The molecule has 3 nitrogen and oxygen atoms in total. The van der Waals surface area contributed by atoms with Crippen molar-refractivity contribution >= 4 is 11.6 Å². The minimum Gasteiger partial charge on any atom is -0.398 e. The van der Waals surface area contributed by atoms with E-state index in [1.165, 1.54) is 0 Å². The Labute approximate surface area is 121 Å². The molecule has 0 bridgehead atoms. The molecule has 1 atom stereocenters. The normalized spacial score (nSPS) is 16.6. The maximum absolute atomic E-state index is 12.7. The van der Waals surface area contributed by atoms with E-state index in [0.29, 0.717) is 11.3 Å². The Kier molecular flexibility index (Phi) is 4.44. The summed E-state index contributed by atoms with van der Waals surface area (Å²) < 4.78 is 38.1. The van der Waals surface area contributed by atoms with Gasteiger partial charge in [-0.25, -0.2) is 0 Å². The maximum Gasteiger partial charge on any atom is 0.406 e. The smallest absolute Gasteiger partial charge is 0.398 e. The minimum absolute atomic E-state index is 0.0974. The lowest BCUT2D eigenvalue weighted by molar-refractivity contribution is -0.165. The first-order valence-corrected chi connectivity index (χ1v) is 6.97. The molecule has 1 aliphatic rings. The third-order valence-electron chi connectivity index (χ3n) is 3.86. The van der Waals surface area contributed by atoms with E-state index in [0.717, 1.165) is 17.7 Å². The van der Waals surface area contributed by atoms with E-state index < -0.39 is 18.6 Å². The number of rotatable bonds is 5. The van der Waals surface area contributed by atoms with Crippen molar-refractivity contribution < 1.29 is 18.0 Å². The number of carbonyl (C=O) groups excluding carboxylic acids is 1. The van der Waals surface area contributed by atoms with Crippen molar-refractivity contribution in [1.82, 2.24) is 4.90 Å². The van der Waals surface area contributed by atoms with Crippen LogP contribution in [0.1, 0.15) is 25.3 Å². The molecule has 2 N–H and O–H groups in total. The van der Waals surface area contributed by atoms with Crippen molar-refractivity contribution in [2.75, 3.05) is 12.3 Å². The molecule has 1 amide bonds. The second-order valence-electron chi connectivity index (χ2n) is 5.59. The first-order valence-electron chi connectivity index (χ1n) is 6.97. The Morgan fingerprint density at radius 2 is 2.00 bits per heavy atom. The number of hydrogen-bond acceptors (Lipinski definition) is 2. The third-order valence-corrected chi connectivity index (χ3v) is 3.86. The predicted octanol–water partition coefficient (Wildman–Crippen LogP) is 3.00. The Balaban J connectivity index is 2.12. The van der Waals surface area contributed by atoms with Crippen molar-refractivity contribution in [3.63, 3.8) is 0 Å². The van der Waals surface area contributed by atoms with Crippen LogP contribution in [0.25, 0.3) is 0 Å². The number of anilines is 1. The zero-order chi connectivity index (χ0) is 15.6. The van der Waals surface area contributed by atoms with Gasteiger partial charge < -0.3 is 10.6 Å². The van der Waals surface area contributed by atoms with Gasteiger partial charge in [-0.15, -0.1) is 0 Å². The van der Waals surface area contributed by atoms with E-state index in [1.54, 1.807) is 31.2 Å². The molecule has 116 valence electrons. The Bertz CT molecular complexity index is 512. The molecule has 1 aromatic carbocycles. The molecule has 21 heavy (non-hydrogen) atoms. The van der Waals surface area contributed by atoms with Gasteiger partial charge in [-0.05, 0) is 37.3 Å². The number of amides is 1. The van der Waals surface area contributed by atoms with Gasteiger partial charge in [0.1, 0.15) is 6.54 Å². The van der Waals surface area contributed by atoms with Gasteiger partial charge in [0.2, 0.25) is 5.91 Å². The molecule has 1 unspecified atom stereocenters. The van der Waals surface area contributed by atoms with Crippen molar-refractivity contribution in [3.8, 4) is 0 Å². The molecule has 2 rings (SSSR count). The molecular formula is C15H19F3N2O. The first-order chi connectivity index (χ1) is 9.78. The van der Waals surface area contributed by atoms with Gasteiger partial charge >= 0.3 is 6.18 Å². The maximum atomic E-state index is 12.7. The molecule has 6 heteroatoms. The number of hydrogen-bond donors (Lipinski definition) is 1. The van der Waals surface area contributed by atoms with Crippen LogP contribution >= 0.6 is 0 Å². The fourth-order valence-corrected chi connectivity index (χ4v) is 2.45. The molecule has 0 spiro atoms. The fourth-order valence-electron chi connectivity index (χ4n) is 2.45. The standard InChI is InChI=1S/C15H19F3N2O/c1-10(11-6-7-11)20(9-15(16,17)18)14(21)8-12-4-2-3-5-13(12)19/h2-5,10-11H,6-9,19H2,1H3. The Morgan fingerprint density at radius 3 is 2.52 bits per heavy atom. The zero-order valence-electron chi connectivity index (χ0n) is 11.9. The van der Waals surface area contributed by atoms with Crippen LogP contribution in [-0.2, 0) is 11.2 Å². The van der Waals surface area contributed by atoms with Gasteiger partial charge in [-0.2, -0.15) is 13.2 Å². The highest BCUT2D eigenvalue weighted by Gasteiger charge is 2.40. The molecular weight excluding hydrogens is 281 g/mol. The largest absolute Gasteiger partial charge is 0.406 e. The molecule has 0 aromatic heterocycles. The van der Waals surface area contributed by atoms with Crippen LogP contribution in [0.3, 0.4) is 0 Å². The molecule has 1 saturated carbocycles. The van der Waals surface area contributed by atoms with E-state index in [1.807, 2.05) is 0 Å². The summed E-state index contributed by atoms with van der Waals surface area (Å²) in [6.07, 6.45) is -2.71. The lowest BCUT2D eigenvalue weighted by atomic mass is 10.1. The minimum atomic E-state index is -4.39. The lowest BCUT2D eigenvalue weighted by Gasteiger charge is -2.30. The van der Waals surface area contributed by atoms with Crippen LogP contribution in [0, 0.1) is 5.92 Å². The Morgan fingerprint density at radius 1 is 1.38 bits per heavy atom. The average Bonchev–Trinajstić information content (AvgIpc) is 3.21. The van der Waals surface area contributed by atoms with Gasteiger partial charge in [-0.3, -0.25) is 4.79 Å². The van der Waals surface area contributed by atoms with Crippen LogP contribution in [0.15, 0.2) is 24.3 Å². The van der Waals surface area contributed by atoms with E-state index in [-0.39, 0.29) is 18.4 Å². The summed E-state index contributed by atoms with van der Waals surface area (Å²) in [6.45, 7) is 0.492. The van der Waals surface area contributed by atoms with Crippen molar-refractivity contribution in [2.45, 2.75) is 38.4 Å². The number of carbonyl (C=O) groups is 1. The molecule has 0 radical (unpaired) electrons. The van der Waals surface area contributed by atoms with Crippen LogP contribution < -0.4 is 5.73 Å². The third kappa shape index (κ3) is 4.37. The monoisotopic (exact) mass is 300 g/mol. The van der Waals surface area contributed by atoms with Gasteiger partial charge in [0.25, 0.3) is 0 Å². The number of nitrogens with zero attached hydrogens (tertiary/aromatic N) is 1. The predicted molar refractivity (Wildman–Crippen MR) is 74.5 cm³/mol. The lowest BCUT2D eigenvalue weighted by Crippen LogP contribution is -2.46. The second-order valence-corrected chi connectivity index (χ2v) is 5.59. The van der Waals surface area contributed by atoms with E-state index >= 15 is 0 Å². The summed E-state index contributed by atoms with van der Waals surface area (Å²) in [5.41, 5.74) is 6.75. The molecule has 1 aromatic rings. The van der Waals surface area contributed by atoms with Crippen molar-refractivity contribution in [2.24, 2.45) is 5.92 Å². The zero-order valence-corrected chi connectivity index (χ0v) is 11.9. The highest BCUT2D eigenvalue weighted by Crippen LogP contribution is 2.36. The summed E-state index contributed by atoms with van der Waals surface area (Å²) in [5.74, 6) is -0.339. The second kappa shape index (κ2) is 5.95. The molecule has 0 saturated heterocycles. The highest BCUT2D eigenvalue weighted by atomic mass is 19.4. The molecule has 0 heterocycles. The molecule has 1 aliphatic carbocycles. The summed E-state index contributed by atoms with van der Waals surface area (Å²) in [5, 5.41) is 0. The number of para-hydroxylation sites is 1. The number of benzene rings is 1. The van der Waals surface area contributed by atoms with Gasteiger partial charge in [-0.1, -0.05) is 18.2 Å². The van der Waals surface area contributed by atoms with Crippen LogP contribution in [-0.4, -0.2) is 29.6 Å². The summed E-state index contributed by atoms with van der Waals surface area (Å²) >= 11 is 0. The topological polar surface area (TPSA) is 46.3 Å². The molecule has 1 fully saturated rings. The van der Waals surface area contributed by atoms with E-state index in [9.17, 15) is 18.0 Å². The van der Waals surface area contributed by atoms with Crippen molar-refractivity contribution in [3.05, 3.63) is 29.8 Å². The average molecular weight is 300 g/mol. The SMILES string of the molecule is CC(C1CC1)N(CC(F)(F)F)C(=O)Cc1ccccc1N. The van der Waals surface area contributed by atoms with Gasteiger partial charge in [0, 0.05) is 11.7 Å². The van der Waals surface area contributed by atoms with Gasteiger partial charge in [0.15, 0.2) is 0 Å². The summed E-state index contributed by atoms with van der Waals surface area (Å²) in [6, 6.07) is 6.37. The Hall–Kier alpha value is -1.72. The summed E-state index contributed by atoms with van der Waals surface area (Å²) in [7, 11) is 0. The van der Waals surface area contributed by atoms with Crippen LogP contribution in [0.5, 0.6) is 0 Å². The quantitative estimate of drug-likeness (QED) is 0.850. The van der Waals surface area contributed by atoms with Gasteiger partial charge in [0.05, 0.1) is 6.42 Å². The first kappa shape index (κ1) is 15.7. The van der Waals surface area contributed by atoms with Crippen molar-refractivity contribution in [1.29, 1.82) is 0 Å². The number of nitrogens with two attached hydrogens (primary N) is 1. The highest BCUT2D eigenvalue weighted by molar-refractivity contribution is 5.80. The number of halogens is 3. The fraction of sp³-hybridized carbons (Fsp3) is 0.533. The van der Waals surface area contributed by atoms with E-state index in [2.05, 4.69) is 0 Å². The van der Waals surface area contributed by atoms with E-state index in [4.69, 9.17) is 5.73 Å². The van der Waals surface area contributed by atoms with Crippen LogP contribution in [0.2, 0.25) is 0 Å². The summed E-state index contributed by atoms with van der Waals surface area (Å²) in [4.78, 5) is 13.2. The number of nitrogen functional groups attached to an aromatic ring is 1. The molecule has 0 aliphatic heterocycles. The van der Waals surface area contributed by atoms with Crippen LogP contribution in [0.4, 0.5) is 18.9 Å².